The summed E-state index contributed by atoms with van der Waals surface area (Å²) < 4.78 is 15.1. The van der Waals surface area contributed by atoms with Gasteiger partial charge in [0.05, 0.1) is 13.7 Å². The second kappa shape index (κ2) is 9.96. The summed E-state index contributed by atoms with van der Waals surface area (Å²) in [5.74, 6) is -1.39. The Kier molecular flexibility index (Phi) is 8.46. The van der Waals surface area contributed by atoms with Gasteiger partial charge in [0.25, 0.3) is 5.91 Å². The molecule has 1 saturated heterocycles. The van der Waals surface area contributed by atoms with E-state index < -0.39 is 53.5 Å². The molecule has 11 nitrogen and oxygen atoms in total. The van der Waals surface area contributed by atoms with E-state index in [0.717, 1.165) is 0 Å². The van der Waals surface area contributed by atoms with Gasteiger partial charge in [-0.15, -0.1) is 0 Å². The molecule has 11 heteroatoms. The number of nitrogens with zero attached hydrogens (tertiary/aromatic N) is 1. The third kappa shape index (κ3) is 8.44. The molecule has 1 fully saturated rings. The Morgan fingerprint density at radius 2 is 1.63 bits per heavy atom. The monoisotopic (exact) mass is 431 g/mol. The zero-order valence-corrected chi connectivity index (χ0v) is 18.6. The van der Waals surface area contributed by atoms with Gasteiger partial charge >= 0.3 is 18.2 Å². The van der Waals surface area contributed by atoms with Crippen LogP contribution >= 0.6 is 0 Å². The predicted octanol–water partition coefficient (Wildman–Crippen LogP) is 0.539. The molecular formula is C19H33N3O8. The minimum absolute atomic E-state index is 0.00658. The fourth-order valence-electron chi connectivity index (χ4n) is 2.71. The predicted molar refractivity (Wildman–Crippen MR) is 106 cm³/mol. The number of aliphatic hydroxyl groups is 1. The van der Waals surface area contributed by atoms with Gasteiger partial charge < -0.3 is 30.0 Å². The van der Waals surface area contributed by atoms with Crippen LogP contribution in [0.4, 0.5) is 9.59 Å². The van der Waals surface area contributed by atoms with Crippen molar-refractivity contribution in [3.63, 3.8) is 0 Å². The molecule has 0 aromatic rings. The number of amides is 3. The number of hydrogen-bond acceptors (Lipinski definition) is 8. The summed E-state index contributed by atoms with van der Waals surface area (Å²) >= 11 is 0. The molecular weight excluding hydrogens is 398 g/mol. The standard InChI is InChI=1S/C19H33N3O8/c1-18(2,3)29-16(26)20-9-13(23)14(24)21-11-8-12(15(25)28-7)22(10-11)17(27)30-19(4,5)6/h11-13,23H,8-10H2,1-7H3,(H,20,26)(H,21,24)/t11-,12+,13+/m1/s1. The van der Waals surface area contributed by atoms with Crippen LogP contribution in [0.15, 0.2) is 0 Å². The van der Waals surface area contributed by atoms with Crippen molar-refractivity contribution in [1.82, 2.24) is 15.5 Å². The van der Waals surface area contributed by atoms with Gasteiger partial charge in [0.1, 0.15) is 23.3 Å². The SMILES string of the molecule is COC(=O)[C@@H]1C[C@@H](NC(=O)[C@@H](O)CNC(=O)OC(C)(C)C)CN1C(=O)OC(C)(C)C. The summed E-state index contributed by atoms with van der Waals surface area (Å²) in [6, 6.07) is -1.53. The summed E-state index contributed by atoms with van der Waals surface area (Å²) in [6.45, 7) is 9.79. The lowest BCUT2D eigenvalue weighted by atomic mass is 10.1. The molecule has 0 aromatic heterocycles. The molecule has 1 heterocycles. The fraction of sp³-hybridized carbons (Fsp3) is 0.789. The average Bonchev–Trinajstić information content (AvgIpc) is 2.99. The van der Waals surface area contributed by atoms with Gasteiger partial charge in [-0.2, -0.15) is 0 Å². The van der Waals surface area contributed by atoms with E-state index in [1.807, 2.05) is 0 Å². The molecule has 0 bridgehead atoms. The van der Waals surface area contributed by atoms with Crippen LogP contribution in [-0.2, 0) is 23.8 Å². The van der Waals surface area contributed by atoms with Gasteiger partial charge in [-0.25, -0.2) is 14.4 Å². The van der Waals surface area contributed by atoms with E-state index in [2.05, 4.69) is 10.6 Å². The van der Waals surface area contributed by atoms with Crippen molar-refractivity contribution in [1.29, 1.82) is 0 Å². The van der Waals surface area contributed by atoms with E-state index in [0.29, 0.717) is 0 Å². The van der Waals surface area contributed by atoms with E-state index in [-0.39, 0.29) is 19.5 Å². The molecule has 0 saturated carbocycles. The smallest absolute Gasteiger partial charge is 0.411 e. The van der Waals surface area contributed by atoms with Crippen LogP contribution in [0.5, 0.6) is 0 Å². The first-order chi connectivity index (χ1) is 13.6. The maximum atomic E-state index is 12.4. The average molecular weight is 431 g/mol. The van der Waals surface area contributed by atoms with Crippen LogP contribution in [0.25, 0.3) is 0 Å². The molecule has 0 aromatic carbocycles. The van der Waals surface area contributed by atoms with Gasteiger partial charge in [-0.1, -0.05) is 0 Å². The zero-order chi connectivity index (χ0) is 23.3. The molecule has 1 rings (SSSR count). The number of nitrogens with one attached hydrogen (secondary N) is 2. The van der Waals surface area contributed by atoms with Crippen LogP contribution in [0.1, 0.15) is 48.0 Å². The summed E-state index contributed by atoms with van der Waals surface area (Å²) in [5.41, 5.74) is -1.47. The number of hydrogen-bond donors (Lipinski definition) is 3. The van der Waals surface area contributed by atoms with Crippen molar-refractivity contribution >= 4 is 24.1 Å². The second-order valence-corrected chi connectivity index (χ2v) is 9.01. The number of rotatable bonds is 5. The topological polar surface area (TPSA) is 143 Å². The van der Waals surface area contributed by atoms with Crippen LogP contribution in [0.2, 0.25) is 0 Å². The number of alkyl carbamates (subject to hydrolysis) is 1. The van der Waals surface area contributed by atoms with Gasteiger partial charge in [0.2, 0.25) is 0 Å². The first kappa shape index (κ1) is 25.5. The molecule has 0 radical (unpaired) electrons. The molecule has 1 aliphatic heterocycles. The third-order valence-electron chi connectivity index (χ3n) is 3.89. The largest absolute Gasteiger partial charge is 0.467 e. The Morgan fingerprint density at radius 3 is 2.13 bits per heavy atom. The maximum Gasteiger partial charge on any atom is 0.411 e. The highest BCUT2D eigenvalue weighted by Crippen LogP contribution is 2.22. The van der Waals surface area contributed by atoms with Crippen LogP contribution in [0.3, 0.4) is 0 Å². The number of aliphatic hydroxyl groups excluding tert-OH is 1. The molecule has 0 unspecified atom stereocenters. The maximum absolute atomic E-state index is 12.4. The molecule has 30 heavy (non-hydrogen) atoms. The summed E-state index contributed by atoms with van der Waals surface area (Å²) in [6.07, 6.45) is -2.91. The summed E-state index contributed by atoms with van der Waals surface area (Å²) in [5, 5.41) is 14.9. The van der Waals surface area contributed by atoms with E-state index in [1.165, 1.54) is 12.0 Å². The highest BCUT2D eigenvalue weighted by Gasteiger charge is 2.43. The quantitative estimate of drug-likeness (QED) is 0.423. The number of esters is 1. The van der Waals surface area contributed by atoms with Gasteiger partial charge in [-0.3, -0.25) is 9.69 Å². The second-order valence-electron chi connectivity index (χ2n) is 9.01. The highest BCUT2D eigenvalue weighted by molar-refractivity contribution is 5.84. The van der Waals surface area contributed by atoms with Crippen LogP contribution in [0, 0.1) is 0 Å². The van der Waals surface area contributed by atoms with Crippen molar-refractivity contribution in [2.75, 3.05) is 20.2 Å². The number of likely N-dealkylation sites (tertiary alicyclic amines) is 1. The first-order valence-corrected chi connectivity index (χ1v) is 9.65. The lowest BCUT2D eigenvalue weighted by Gasteiger charge is -2.27. The Labute approximate surface area is 176 Å². The Hall–Kier alpha value is -2.56. The summed E-state index contributed by atoms with van der Waals surface area (Å²) in [7, 11) is 1.20. The Balaban J connectivity index is 2.67. The molecule has 1 aliphatic rings. The van der Waals surface area contributed by atoms with Crippen molar-refractivity contribution < 1.29 is 38.5 Å². The number of ether oxygens (including phenoxy) is 3. The molecule has 3 N–H and O–H groups in total. The minimum atomic E-state index is -1.54. The highest BCUT2D eigenvalue weighted by atomic mass is 16.6. The molecule has 0 aliphatic carbocycles. The van der Waals surface area contributed by atoms with E-state index in [4.69, 9.17) is 14.2 Å². The number of carbonyl (C=O) groups is 4. The van der Waals surface area contributed by atoms with Crippen LogP contribution < -0.4 is 10.6 Å². The minimum Gasteiger partial charge on any atom is -0.467 e. The van der Waals surface area contributed by atoms with E-state index in [1.54, 1.807) is 41.5 Å². The lowest BCUT2D eigenvalue weighted by molar-refractivity contribution is -0.145. The molecule has 0 spiro atoms. The third-order valence-corrected chi connectivity index (χ3v) is 3.89. The van der Waals surface area contributed by atoms with Crippen LogP contribution in [-0.4, -0.2) is 83.7 Å². The van der Waals surface area contributed by atoms with Gasteiger partial charge in [0, 0.05) is 19.0 Å². The van der Waals surface area contributed by atoms with Gasteiger partial charge in [0.15, 0.2) is 0 Å². The summed E-state index contributed by atoms with van der Waals surface area (Å²) in [4.78, 5) is 49.5. The van der Waals surface area contributed by atoms with E-state index >= 15 is 0 Å². The van der Waals surface area contributed by atoms with Gasteiger partial charge in [-0.05, 0) is 41.5 Å². The Morgan fingerprint density at radius 1 is 1.07 bits per heavy atom. The molecule has 3 atom stereocenters. The normalized spacial score (nSPS) is 20.2. The van der Waals surface area contributed by atoms with Crippen molar-refractivity contribution in [2.45, 2.75) is 77.4 Å². The fourth-order valence-corrected chi connectivity index (χ4v) is 2.71. The molecule has 3 amide bonds. The lowest BCUT2D eigenvalue weighted by Crippen LogP contribution is -2.48. The van der Waals surface area contributed by atoms with E-state index in [9.17, 15) is 24.3 Å². The van der Waals surface area contributed by atoms with Crippen molar-refractivity contribution in [3.05, 3.63) is 0 Å². The first-order valence-electron chi connectivity index (χ1n) is 9.65. The molecule has 172 valence electrons. The number of carbonyl (C=O) groups excluding carboxylic acids is 4. The van der Waals surface area contributed by atoms with Crippen molar-refractivity contribution in [2.24, 2.45) is 0 Å². The van der Waals surface area contributed by atoms with Crippen molar-refractivity contribution in [3.8, 4) is 0 Å². The Bertz CT molecular complexity index is 653. The number of methoxy groups -OCH3 is 1. The zero-order valence-electron chi connectivity index (χ0n) is 18.6.